The molecular formula is C60H111O11P. The Hall–Kier alpha value is -2.30. The second-order valence-electron chi connectivity index (χ2n) is 20.2. The van der Waals surface area contributed by atoms with Gasteiger partial charge in [-0.05, 0) is 77.0 Å². The molecule has 0 aromatic carbocycles. The fourth-order valence-electron chi connectivity index (χ4n) is 8.44. The van der Waals surface area contributed by atoms with Gasteiger partial charge in [-0.1, -0.05) is 231 Å². The van der Waals surface area contributed by atoms with Crippen molar-refractivity contribution in [1.29, 1.82) is 0 Å². The van der Waals surface area contributed by atoms with E-state index in [-0.39, 0.29) is 25.9 Å². The SMILES string of the molecule is CCCCC/C=C\C/C=C\CCCCCCCCCC(=O)OCC(COP(=O)(O)OCC(CO)OC(=O)CCCCCCCCCCCCCCC)OC(=O)CCCCCCC/C=C\CCCCCCCC. The highest BCUT2D eigenvalue weighted by molar-refractivity contribution is 7.47. The highest BCUT2D eigenvalue weighted by atomic mass is 31.2. The molecule has 0 heterocycles. The van der Waals surface area contributed by atoms with Crippen LogP contribution in [0.3, 0.4) is 0 Å². The monoisotopic (exact) mass is 1040 g/mol. The van der Waals surface area contributed by atoms with Gasteiger partial charge in [0, 0.05) is 19.3 Å². The van der Waals surface area contributed by atoms with Crippen molar-refractivity contribution in [3.8, 4) is 0 Å². The summed E-state index contributed by atoms with van der Waals surface area (Å²) in [4.78, 5) is 48.6. The number of phosphoric ester groups is 1. The van der Waals surface area contributed by atoms with Crippen molar-refractivity contribution >= 4 is 25.7 Å². The Kier molecular flexibility index (Phi) is 53.2. The topological polar surface area (TPSA) is 155 Å². The Morgan fingerprint density at radius 3 is 1.07 bits per heavy atom. The minimum absolute atomic E-state index is 0.159. The number of carbonyl (C=O) groups excluding carboxylic acids is 3. The average Bonchev–Trinajstić information content (AvgIpc) is 3.37. The Morgan fingerprint density at radius 1 is 0.389 bits per heavy atom. The van der Waals surface area contributed by atoms with Crippen molar-refractivity contribution in [2.45, 2.75) is 303 Å². The van der Waals surface area contributed by atoms with E-state index in [4.69, 9.17) is 23.3 Å². The zero-order valence-corrected chi connectivity index (χ0v) is 47.6. The van der Waals surface area contributed by atoms with Gasteiger partial charge in [-0.2, -0.15) is 0 Å². The first-order valence-electron chi connectivity index (χ1n) is 29.9. The third-order valence-electron chi connectivity index (χ3n) is 13.0. The predicted octanol–water partition coefficient (Wildman–Crippen LogP) is 17.6. The molecule has 0 amide bonds. The van der Waals surface area contributed by atoms with Crippen LogP contribution >= 0.6 is 7.82 Å². The van der Waals surface area contributed by atoms with Crippen LogP contribution in [0.4, 0.5) is 0 Å². The molecule has 0 fully saturated rings. The molecule has 0 rings (SSSR count). The van der Waals surface area contributed by atoms with E-state index in [0.29, 0.717) is 19.3 Å². The fraction of sp³-hybridized carbons (Fsp3) is 0.850. The molecule has 0 bridgehead atoms. The van der Waals surface area contributed by atoms with Gasteiger partial charge < -0.3 is 24.2 Å². The van der Waals surface area contributed by atoms with E-state index < -0.39 is 57.8 Å². The summed E-state index contributed by atoms with van der Waals surface area (Å²) in [7, 11) is -4.75. The van der Waals surface area contributed by atoms with Gasteiger partial charge in [0.1, 0.15) is 12.7 Å². The van der Waals surface area contributed by atoms with E-state index in [1.807, 2.05) is 0 Å². The smallest absolute Gasteiger partial charge is 0.462 e. The van der Waals surface area contributed by atoms with Crippen molar-refractivity contribution in [1.82, 2.24) is 0 Å². The lowest BCUT2D eigenvalue weighted by atomic mass is 10.0. The second-order valence-corrected chi connectivity index (χ2v) is 21.6. The fourth-order valence-corrected chi connectivity index (χ4v) is 9.23. The average molecular weight is 1040 g/mol. The highest BCUT2D eigenvalue weighted by Crippen LogP contribution is 2.43. The van der Waals surface area contributed by atoms with Crippen LogP contribution in [0.15, 0.2) is 36.5 Å². The lowest BCUT2D eigenvalue weighted by Crippen LogP contribution is -2.30. The van der Waals surface area contributed by atoms with Gasteiger partial charge >= 0.3 is 25.7 Å². The van der Waals surface area contributed by atoms with Gasteiger partial charge in [-0.3, -0.25) is 23.4 Å². The van der Waals surface area contributed by atoms with Crippen molar-refractivity contribution in [2.75, 3.05) is 26.4 Å². The van der Waals surface area contributed by atoms with Gasteiger partial charge in [-0.15, -0.1) is 0 Å². The van der Waals surface area contributed by atoms with Crippen LogP contribution in [-0.4, -0.2) is 66.5 Å². The standard InChI is InChI=1S/C60H111O11P/c1-4-7-10-13-16-19-22-25-27-28-30-32-34-37-40-43-46-49-58(62)67-53-57(71-60(64)51-48-45-42-39-36-33-29-26-23-20-17-14-11-8-5-2)55-69-72(65,66)68-54-56(52-61)70-59(63)50-47-44-41-38-35-31-24-21-18-15-12-9-6-3/h16,19,25-27,29,56-57,61H,4-15,17-18,20-24,28,30-55H2,1-3H3,(H,65,66)/b19-16-,27-25-,29-26-. The van der Waals surface area contributed by atoms with Gasteiger partial charge in [0.05, 0.1) is 19.8 Å². The summed E-state index contributed by atoms with van der Waals surface area (Å²) < 4.78 is 39.5. The first-order valence-corrected chi connectivity index (χ1v) is 31.4. The molecule has 0 saturated carbocycles. The van der Waals surface area contributed by atoms with Crippen LogP contribution in [0.2, 0.25) is 0 Å². The summed E-state index contributed by atoms with van der Waals surface area (Å²) in [5.41, 5.74) is 0. The van der Waals surface area contributed by atoms with Gasteiger partial charge in [0.2, 0.25) is 0 Å². The zero-order chi connectivity index (χ0) is 52.7. The molecule has 3 atom stereocenters. The molecule has 0 aromatic heterocycles. The number of phosphoric acid groups is 1. The van der Waals surface area contributed by atoms with Gasteiger partial charge in [-0.25, -0.2) is 4.57 Å². The molecule has 0 aliphatic heterocycles. The van der Waals surface area contributed by atoms with Crippen LogP contribution in [-0.2, 0) is 42.2 Å². The summed E-state index contributed by atoms with van der Waals surface area (Å²) in [5.74, 6) is -1.46. The molecule has 422 valence electrons. The van der Waals surface area contributed by atoms with E-state index in [1.165, 1.54) is 141 Å². The van der Waals surface area contributed by atoms with Crippen LogP contribution in [0.1, 0.15) is 290 Å². The summed E-state index contributed by atoms with van der Waals surface area (Å²) in [5, 5.41) is 9.81. The molecule has 0 aromatic rings. The molecule has 12 heteroatoms. The number of hydrogen-bond acceptors (Lipinski definition) is 10. The molecule has 0 spiro atoms. The number of rotatable bonds is 56. The number of aliphatic hydroxyl groups excluding tert-OH is 1. The highest BCUT2D eigenvalue weighted by Gasteiger charge is 2.28. The van der Waals surface area contributed by atoms with Crippen LogP contribution < -0.4 is 0 Å². The normalized spacial score (nSPS) is 13.6. The van der Waals surface area contributed by atoms with Crippen molar-refractivity contribution in [3.63, 3.8) is 0 Å². The van der Waals surface area contributed by atoms with Crippen LogP contribution in [0, 0.1) is 0 Å². The number of carbonyl (C=O) groups is 3. The van der Waals surface area contributed by atoms with E-state index in [9.17, 15) is 28.9 Å². The van der Waals surface area contributed by atoms with Gasteiger partial charge in [0.25, 0.3) is 0 Å². The molecular weight excluding hydrogens is 928 g/mol. The molecule has 11 nitrogen and oxygen atoms in total. The minimum atomic E-state index is -4.75. The first-order chi connectivity index (χ1) is 35.2. The number of hydrogen-bond donors (Lipinski definition) is 2. The summed E-state index contributed by atoms with van der Waals surface area (Å²) in [6.07, 6.45) is 56.6. The Labute approximate surface area is 441 Å². The maximum absolute atomic E-state index is 12.9. The molecule has 0 aliphatic carbocycles. The van der Waals surface area contributed by atoms with E-state index >= 15 is 0 Å². The van der Waals surface area contributed by atoms with Crippen LogP contribution in [0.25, 0.3) is 0 Å². The maximum Gasteiger partial charge on any atom is 0.472 e. The summed E-state index contributed by atoms with van der Waals surface area (Å²) >= 11 is 0. The lowest BCUT2D eigenvalue weighted by molar-refractivity contribution is -0.161. The largest absolute Gasteiger partial charge is 0.472 e. The van der Waals surface area contributed by atoms with Crippen LogP contribution in [0.5, 0.6) is 0 Å². The molecule has 0 aliphatic rings. The number of aliphatic hydroxyl groups is 1. The number of unbranched alkanes of at least 4 members (excludes halogenated alkanes) is 33. The van der Waals surface area contributed by atoms with E-state index in [2.05, 4.69) is 57.2 Å². The third-order valence-corrected chi connectivity index (χ3v) is 14.0. The Bertz CT molecular complexity index is 1350. The van der Waals surface area contributed by atoms with Gasteiger partial charge in [0.15, 0.2) is 6.10 Å². The Morgan fingerprint density at radius 2 is 0.681 bits per heavy atom. The van der Waals surface area contributed by atoms with Crippen molar-refractivity contribution in [3.05, 3.63) is 36.5 Å². The molecule has 0 radical (unpaired) electrons. The summed E-state index contributed by atoms with van der Waals surface area (Å²) in [6, 6.07) is 0. The number of ether oxygens (including phenoxy) is 3. The lowest BCUT2D eigenvalue weighted by Gasteiger charge is -2.21. The summed E-state index contributed by atoms with van der Waals surface area (Å²) in [6.45, 7) is 4.64. The molecule has 3 unspecified atom stereocenters. The molecule has 2 N–H and O–H groups in total. The zero-order valence-electron chi connectivity index (χ0n) is 46.7. The van der Waals surface area contributed by atoms with E-state index in [0.717, 1.165) is 89.9 Å². The second kappa shape index (κ2) is 54.9. The first kappa shape index (κ1) is 69.7. The minimum Gasteiger partial charge on any atom is -0.462 e. The molecule has 72 heavy (non-hydrogen) atoms. The third kappa shape index (κ3) is 52.6. The Balaban J connectivity index is 4.71. The number of esters is 3. The van der Waals surface area contributed by atoms with Crippen molar-refractivity contribution < 1.29 is 52.2 Å². The quantitative estimate of drug-likeness (QED) is 0.0197. The van der Waals surface area contributed by atoms with Crippen molar-refractivity contribution in [2.24, 2.45) is 0 Å². The number of allylic oxidation sites excluding steroid dienone is 6. The van der Waals surface area contributed by atoms with E-state index in [1.54, 1.807) is 0 Å². The predicted molar refractivity (Wildman–Crippen MR) is 298 cm³/mol. The maximum atomic E-state index is 12.9. The molecule has 0 saturated heterocycles.